The van der Waals surface area contributed by atoms with Gasteiger partial charge in [-0.1, -0.05) is 6.42 Å². The third-order valence-electron chi connectivity index (χ3n) is 5.99. The number of H-pyrrole nitrogens is 1. The van der Waals surface area contributed by atoms with Crippen LogP contribution in [0, 0.1) is 0 Å². The van der Waals surface area contributed by atoms with E-state index in [1.807, 2.05) is 28.6 Å². The lowest BCUT2D eigenvalue weighted by Gasteiger charge is -2.45. The smallest absolute Gasteiger partial charge is 0.329 e. The highest BCUT2D eigenvalue weighted by molar-refractivity contribution is 5.50. The first-order chi connectivity index (χ1) is 13.5. The molecule has 1 saturated carbocycles. The minimum atomic E-state index is -0.409. The summed E-state index contributed by atoms with van der Waals surface area (Å²) >= 11 is 0. The van der Waals surface area contributed by atoms with E-state index in [1.54, 1.807) is 0 Å². The van der Waals surface area contributed by atoms with E-state index in [0.29, 0.717) is 11.7 Å². The van der Waals surface area contributed by atoms with Gasteiger partial charge in [0.15, 0.2) is 11.5 Å². The lowest BCUT2D eigenvalue weighted by molar-refractivity contribution is 0.394. The van der Waals surface area contributed by atoms with Crippen LogP contribution in [0.4, 0.5) is 11.6 Å². The molecule has 2 fully saturated rings. The maximum atomic E-state index is 11.9. The highest BCUT2D eigenvalue weighted by atomic mass is 16.2. The summed E-state index contributed by atoms with van der Waals surface area (Å²) in [6.07, 6.45) is 3.54. The van der Waals surface area contributed by atoms with Crippen LogP contribution in [0.15, 0.2) is 27.8 Å². The summed E-state index contributed by atoms with van der Waals surface area (Å²) in [7, 11) is 3.35. The molecule has 1 N–H and O–H groups in total. The number of hydrogen-bond donors (Lipinski definition) is 1. The molecular formula is C18H22N8O2. The molecule has 1 saturated heterocycles. The van der Waals surface area contributed by atoms with E-state index in [9.17, 15) is 9.59 Å². The lowest BCUT2D eigenvalue weighted by Crippen LogP contribution is -2.59. The number of fused-ring (bicyclic) bond motifs is 1. The predicted molar refractivity (Wildman–Crippen MR) is 104 cm³/mol. The number of nitrogens with zero attached hydrogens (tertiary/aromatic N) is 7. The van der Waals surface area contributed by atoms with Crippen molar-refractivity contribution < 1.29 is 0 Å². The number of rotatable bonds is 4. The largest absolute Gasteiger partial charge is 0.354 e. The number of likely N-dealkylation sites (N-methyl/N-ethyl adjacent to an activating group) is 1. The van der Waals surface area contributed by atoms with E-state index in [1.165, 1.54) is 19.5 Å². The Balaban J connectivity index is 1.34. The molecule has 2 aliphatic rings. The minimum absolute atomic E-state index is 0.187. The first-order valence-corrected chi connectivity index (χ1v) is 9.52. The fourth-order valence-electron chi connectivity index (χ4n) is 3.70. The topological polar surface area (TPSA) is 104 Å². The van der Waals surface area contributed by atoms with Crippen molar-refractivity contribution >= 4 is 17.3 Å². The summed E-state index contributed by atoms with van der Waals surface area (Å²) in [6, 6.07) is 5.56. The van der Waals surface area contributed by atoms with Crippen LogP contribution in [-0.2, 0) is 7.05 Å². The van der Waals surface area contributed by atoms with Crippen LogP contribution in [0.5, 0.6) is 0 Å². The number of anilines is 2. The van der Waals surface area contributed by atoms with Crippen molar-refractivity contribution in [3.05, 3.63) is 44.9 Å². The summed E-state index contributed by atoms with van der Waals surface area (Å²) < 4.78 is 2.93. The molecule has 146 valence electrons. The van der Waals surface area contributed by atoms with Crippen LogP contribution in [0.1, 0.15) is 31.0 Å². The van der Waals surface area contributed by atoms with Crippen LogP contribution in [-0.4, -0.2) is 55.5 Å². The highest BCUT2D eigenvalue weighted by Crippen LogP contribution is 2.35. The first kappa shape index (κ1) is 17.0. The van der Waals surface area contributed by atoms with Crippen molar-refractivity contribution in [2.75, 3.05) is 29.9 Å². The molecule has 10 heteroatoms. The van der Waals surface area contributed by atoms with Gasteiger partial charge in [0, 0.05) is 39.2 Å². The van der Waals surface area contributed by atoms with Crippen LogP contribution < -0.4 is 21.0 Å². The second kappa shape index (κ2) is 6.18. The van der Waals surface area contributed by atoms with Crippen molar-refractivity contribution in [1.29, 1.82) is 0 Å². The van der Waals surface area contributed by atoms with Gasteiger partial charge in [0.05, 0.1) is 6.04 Å². The zero-order valence-corrected chi connectivity index (χ0v) is 15.9. The average molecular weight is 382 g/mol. The molecule has 3 aromatic heterocycles. The van der Waals surface area contributed by atoms with Gasteiger partial charge in [0.1, 0.15) is 11.6 Å². The van der Waals surface area contributed by atoms with Crippen LogP contribution in [0.2, 0.25) is 0 Å². The Bertz CT molecular complexity index is 1120. The summed E-state index contributed by atoms with van der Waals surface area (Å²) in [6.45, 7) is 1.51. The fourth-order valence-corrected chi connectivity index (χ4v) is 3.70. The van der Waals surface area contributed by atoms with Gasteiger partial charge in [-0.2, -0.15) is 4.52 Å². The molecular weight excluding hydrogens is 360 g/mol. The fraction of sp³-hybridized carbons (Fsp3) is 0.500. The van der Waals surface area contributed by atoms with Crippen LogP contribution in [0.3, 0.4) is 0 Å². The number of hydrogen-bond acceptors (Lipinski definition) is 7. The standard InChI is InChI=1S/C18H22N8O2/c1-23(15-8-16(27)24(2)18(28)19-15)12-9-25(10-12)14-7-6-13-20-21-17(26(13)22-14)11-4-3-5-11/h6-8,11-12H,3-5,9-10H2,1-2H3,(H,19,28). The number of aromatic amines is 1. The Morgan fingerprint density at radius 1 is 1.18 bits per heavy atom. The van der Waals surface area contributed by atoms with E-state index in [4.69, 9.17) is 5.10 Å². The van der Waals surface area contributed by atoms with E-state index < -0.39 is 5.69 Å². The molecule has 0 atom stereocenters. The monoisotopic (exact) mass is 382 g/mol. The van der Waals surface area contributed by atoms with Gasteiger partial charge in [0.25, 0.3) is 5.56 Å². The van der Waals surface area contributed by atoms with Crippen LogP contribution >= 0.6 is 0 Å². The SMILES string of the molecule is CN(c1cc(=O)n(C)c(=O)[nH]1)C1CN(c2ccc3nnc(C4CCC4)n3n2)C1. The maximum Gasteiger partial charge on any atom is 0.329 e. The molecule has 0 unspecified atom stereocenters. The first-order valence-electron chi connectivity index (χ1n) is 9.52. The van der Waals surface area contributed by atoms with E-state index >= 15 is 0 Å². The number of nitrogens with one attached hydrogen (secondary N) is 1. The normalized spacial score (nSPS) is 17.6. The summed E-state index contributed by atoms with van der Waals surface area (Å²) in [5.74, 6) is 2.84. The van der Waals surface area contributed by atoms with Crippen molar-refractivity contribution in [2.24, 2.45) is 7.05 Å². The van der Waals surface area contributed by atoms with E-state index in [-0.39, 0.29) is 11.6 Å². The zero-order chi connectivity index (χ0) is 19.4. The summed E-state index contributed by atoms with van der Waals surface area (Å²) in [5, 5.41) is 13.3. The van der Waals surface area contributed by atoms with Crippen molar-refractivity contribution in [3.63, 3.8) is 0 Å². The molecule has 5 rings (SSSR count). The molecule has 0 aromatic carbocycles. The second-order valence-corrected chi connectivity index (χ2v) is 7.67. The highest BCUT2D eigenvalue weighted by Gasteiger charge is 2.32. The molecule has 0 spiro atoms. The van der Waals surface area contributed by atoms with Gasteiger partial charge in [-0.25, -0.2) is 4.79 Å². The van der Waals surface area contributed by atoms with Gasteiger partial charge in [0.2, 0.25) is 0 Å². The molecule has 10 nitrogen and oxygen atoms in total. The molecule has 0 radical (unpaired) electrons. The average Bonchev–Trinajstić information content (AvgIpc) is 2.99. The lowest BCUT2D eigenvalue weighted by atomic mass is 9.85. The third-order valence-corrected chi connectivity index (χ3v) is 5.99. The van der Waals surface area contributed by atoms with E-state index in [2.05, 4.69) is 20.1 Å². The molecule has 1 aliphatic heterocycles. The van der Waals surface area contributed by atoms with E-state index in [0.717, 1.165) is 47.8 Å². The van der Waals surface area contributed by atoms with Crippen molar-refractivity contribution in [3.8, 4) is 0 Å². The Morgan fingerprint density at radius 3 is 2.64 bits per heavy atom. The van der Waals surface area contributed by atoms with Gasteiger partial charge in [-0.15, -0.1) is 15.3 Å². The maximum absolute atomic E-state index is 11.9. The molecule has 1 aliphatic carbocycles. The third kappa shape index (κ3) is 2.59. The summed E-state index contributed by atoms with van der Waals surface area (Å²) in [4.78, 5) is 30.6. The molecule has 28 heavy (non-hydrogen) atoms. The van der Waals surface area contributed by atoms with Crippen molar-refractivity contribution in [1.82, 2.24) is 29.4 Å². The molecule has 3 aromatic rings. The Hall–Kier alpha value is -3.17. The molecule has 0 bridgehead atoms. The van der Waals surface area contributed by atoms with Crippen LogP contribution in [0.25, 0.3) is 5.65 Å². The second-order valence-electron chi connectivity index (χ2n) is 7.67. The van der Waals surface area contributed by atoms with Gasteiger partial charge >= 0.3 is 5.69 Å². The zero-order valence-electron chi connectivity index (χ0n) is 15.9. The quantitative estimate of drug-likeness (QED) is 0.683. The number of aromatic nitrogens is 6. The minimum Gasteiger partial charge on any atom is -0.354 e. The molecule has 0 amide bonds. The predicted octanol–water partition coefficient (Wildman–Crippen LogP) is 0.104. The Kier molecular flexibility index (Phi) is 3.74. The van der Waals surface area contributed by atoms with Gasteiger partial charge in [-0.3, -0.25) is 14.3 Å². The van der Waals surface area contributed by atoms with Gasteiger partial charge in [-0.05, 0) is 25.0 Å². The van der Waals surface area contributed by atoms with Gasteiger partial charge < -0.3 is 9.80 Å². The summed E-state index contributed by atoms with van der Waals surface area (Å²) in [5.41, 5.74) is 0.0522. The Labute approximate surface area is 160 Å². The Morgan fingerprint density at radius 2 is 1.96 bits per heavy atom. The van der Waals surface area contributed by atoms with Crippen molar-refractivity contribution in [2.45, 2.75) is 31.2 Å². The molecule has 4 heterocycles.